The molecule has 92 valence electrons. The average Bonchev–Trinajstić information content (AvgIpc) is 2.51. The van der Waals surface area contributed by atoms with Gasteiger partial charge < -0.3 is 9.64 Å². The molecular weight excluding hydrogens is 350 g/mol. The van der Waals surface area contributed by atoms with Crippen molar-refractivity contribution in [2.75, 3.05) is 24.4 Å². The second kappa shape index (κ2) is 4.28. The molecule has 0 saturated heterocycles. The summed E-state index contributed by atoms with van der Waals surface area (Å²) in [5, 5.41) is 0.598. The summed E-state index contributed by atoms with van der Waals surface area (Å²) in [6.07, 6.45) is 0. The van der Waals surface area contributed by atoms with E-state index in [0.717, 1.165) is 21.5 Å². The summed E-state index contributed by atoms with van der Waals surface area (Å²) >= 11 is 6.88. The van der Waals surface area contributed by atoms with Crippen LogP contribution >= 0.6 is 31.9 Å². The van der Waals surface area contributed by atoms with Crippen molar-refractivity contribution in [2.24, 2.45) is 0 Å². The Morgan fingerprint density at radius 1 is 1.47 bits per heavy atom. The molecule has 2 rings (SSSR count). The Bertz CT molecular complexity index is 490. The molecule has 1 aliphatic heterocycles. The van der Waals surface area contributed by atoms with Crippen molar-refractivity contribution >= 4 is 43.5 Å². The lowest BCUT2D eigenvalue weighted by atomic mass is 9.86. The topological polar surface area (TPSA) is 29.5 Å². The summed E-state index contributed by atoms with van der Waals surface area (Å²) in [6, 6.07) is 3.86. The molecule has 1 heterocycles. The van der Waals surface area contributed by atoms with Gasteiger partial charge in [-0.1, -0.05) is 15.9 Å². The number of likely N-dealkylation sites (N-methyl/N-ethyl adjacent to an activating group) is 1. The monoisotopic (exact) mass is 361 g/mol. The van der Waals surface area contributed by atoms with Crippen molar-refractivity contribution in [3.8, 4) is 5.75 Å². The van der Waals surface area contributed by atoms with E-state index >= 15 is 0 Å². The molecule has 0 fully saturated rings. The van der Waals surface area contributed by atoms with Crippen molar-refractivity contribution in [2.45, 2.75) is 12.3 Å². The van der Waals surface area contributed by atoms with Crippen molar-refractivity contribution in [1.29, 1.82) is 0 Å². The highest BCUT2D eigenvalue weighted by molar-refractivity contribution is 9.10. The van der Waals surface area contributed by atoms with E-state index in [-0.39, 0.29) is 5.91 Å². The summed E-state index contributed by atoms with van der Waals surface area (Å²) in [5.74, 6) is 0.851. The highest BCUT2D eigenvalue weighted by Gasteiger charge is 2.45. The molecule has 0 radical (unpaired) electrons. The largest absolute Gasteiger partial charge is 0.496 e. The van der Waals surface area contributed by atoms with Crippen molar-refractivity contribution in [3.63, 3.8) is 0 Å². The molecule has 1 aliphatic rings. The number of halogens is 2. The number of hydrogen-bond donors (Lipinski definition) is 0. The third kappa shape index (κ3) is 1.71. The Hall–Kier alpha value is -0.550. The maximum absolute atomic E-state index is 12.3. The molecule has 0 aliphatic carbocycles. The van der Waals surface area contributed by atoms with Gasteiger partial charge >= 0.3 is 0 Å². The summed E-state index contributed by atoms with van der Waals surface area (Å²) in [4.78, 5) is 14.0. The summed E-state index contributed by atoms with van der Waals surface area (Å²) in [5.41, 5.74) is 1.42. The predicted molar refractivity (Wildman–Crippen MR) is 75.3 cm³/mol. The van der Waals surface area contributed by atoms with E-state index in [1.807, 2.05) is 19.1 Å². The quantitative estimate of drug-likeness (QED) is 0.756. The first-order valence-electron chi connectivity index (χ1n) is 5.18. The standard InChI is InChI=1S/C12H13Br2NO2/c1-12(6-13)7-4-10(17-3)8(14)5-9(7)15(2)11(12)16/h4-5H,6H2,1-3H3. The van der Waals surface area contributed by atoms with Gasteiger partial charge in [0.15, 0.2) is 0 Å². The van der Waals surface area contributed by atoms with Crippen LogP contribution in [0.3, 0.4) is 0 Å². The molecule has 1 aromatic carbocycles. The van der Waals surface area contributed by atoms with E-state index in [4.69, 9.17) is 4.74 Å². The number of carbonyl (C=O) groups is 1. The number of fused-ring (bicyclic) bond motifs is 1. The van der Waals surface area contributed by atoms with Gasteiger partial charge in [0.25, 0.3) is 0 Å². The summed E-state index contributed by atoms with van der Waals surface area (Å²) in [6.45, 7) is 1.94. The number of methoxy groups -OCH3 is 1. The summed E-state index contributed by atoms with van der Waals surface area (Å²) < 4.78 is 6.15. The Morgan fingerprint density at radius 2 is 2.12 bits per heavy atom. The van der Waals surface area contributed by atoms with Crippen LogP contribution in [-0.2, 0) is 10.2 Å². The smallest absolute Gasteiger partial charge is 0.238 e. The minimum Gasteiger partial charge on any atom is -0.496 e. The molecule has 3 nitrogen and oxygen atoms in total. The Morgan fingerprint density at radius 3 is 2.65 bits per heavy atom. The molecule has 0 aromatic heterocycles. The first-order valence-corrected chi connectivity index (χ1v) is 7.09. The SMILES string of the molecule is COc1cc2c(cc1Br)N(C)C(=O)C2(C)CBr. The molecule has 0 saturated carbocycles. The number of amides is 1. The third-order valence-electron chi connectivity index (χ3n) is 3.27. The zero-order valence-corrected chi connectivity index (χ0v) is 13.1. The Kier molecular flexibility index (Phi) is 3.25. The zero-order valence-electron chi connectivity index (χ0n) is 9.88. The minimum atomic E-state index is -0.516. The molecule has 0 bridgehead atoms. The molecule has 1 unspecified atom stereocenters. The maximum atomic E-state index is 12.3. The van der Waals surface area contributed by atoms with Crippen LogP contribution < -0.4 is 9.64 Å². The van der Waals surface area contributed by atoms with Gasteiger partial charge in [0.05, 0.1) is 17.0 Å². The minimum absolute atomic E-state index is 0.101. The number of rotatable bonds is 2. The molecule has 0 N–H and O–H groups in total. The van der Waals surface area contributed by atoms with Gasteiger partial charge in [-0.3, -0.25) is 4.79 Å². The fourth-order valence-electron chi connectivity index (χ4n) is 2.14. The molecule has 1 amide bonds. The van der Waals surface area contributed by atoms with Crippen LogP contribution in [0.15, 0.2) is 16.6 Å². The summed E-state index contributed by atoms with van der Waals surface area (Å²) in [7, 11) is 3.42. The number of anilines is 1. The normalized spacial score (nSPS) is 22.9. The first kappa shape index (κ1) is 12.9. The van der Waals surface area contributed by atoms with Gasteiger partial charge in [-0.2, -0.15) is 0 Å². The third-order valence-corrected chi connectivity index (χ3v) is 5.01. The van der Waals surface area contributed by atoms with Gasteiger partial charge in [0, 0.05) is 18.1 Å². The number of alkyl halides is 1. The number of carbonyl (C=O) groups excluding carboxylic acids is 1. The lowest BCUT2D eigenvalue weighted by Gasteiger charge is -2.20. The molecule has 17 heavy (non-hydrogen) atoms. The van der Waals surface area contributed by atoms with Crippen LogP contribution in [0.5, 0.6) is 5.75 Å². The van der Waals surface area contributed by atoms with Crippen LogP contribution in [0.2, 0.25) is 0 Å². The average molecular weight is 363 g/mol. The van der Waals surface area contributed by atoms with Gasteiger partial charge in [-0.05, 0) is 40.5 Å². The van der Waals surface area contributed by atoms with E-state index in [1.54, 1.807) is 19.1 Å². The van der Waals surface area contributed by atoms with Crippen molar-refractivity contribution < 1.29 is 9.53 Å². The molecule has 1 aromatic rings. The fourth-order valence-corrected chi connectivity index (χ4v) is 3.18. The Labute approximate surface area is 117 Å². The number of nitrogens with zero attached hydrogens (tertiary/aromatic N) is 1. The van der Waals surface area contributed by atoms with E-state index < -0.39 is 5.41 Å². The van der Waals surface area contributed by atoms with E-state index in [0.29, 0.717) is 5.33 Å². The second-order valence-corrected chi connectivity index (χ2v) is 5.75. The molecule has 1 atom stereocenters. The van der Waals surface area contributed by atoms with Gasteiger partial charge in [-0.15, -0.1) is 0 Å². The van der Waals surface area contributed by atoms with Crippen molar-refractivity contribution in [3.05, 3.63) is 22.2 Å². The number of ether oxygens (including phenoxy) is 1. The lowest BCUT2D eigenvalue weighted by molar-refractivity contribution is -0.121. The van der Waals surface area contributed by atoms with Gasteiger partial charge in [0.2, 0.25) is 5.91 Å². The predicted octanol–water partition coefficient (Wildman–Crippen LogP) is 3.09. The van der Waals surface area contributed by atoms with E-state index in [9.17, 15) is 4.79 Å². The maximum Gasteiger partial charge on any atom is 0.238 e. The van der Waals surface area contributed by atoms with Crippen LogP contribution in [0.1, 0.15) is 12.5 Å². The van der Waals surface area contributed by atoms with Gasteiger partial charge in [-0.25, -0.2) is 0 Å². The zero-order chi connectivity index (χ0) is 12.8. The second-order valence-electron chi connectivity index (χ2n) is 4.33. The van der Waals surface area contributed by atoms with E-state index in [1.165, 1.54) is 0 Å². The Balaban J connectivity index is 2.68. The van der Waals surface area contributed by atoms with Crippen molar-refractivity contribution in [1.82, 2.24) is 0 Å². The first-order chi connectivity index (χ1) is 7.95. The highest BCUT2D eigenvalue weighted by Crippen LogP contribution is 2.46. The highest BCUT2D eigenvalue weighted by atomic mass is 79.9. The molecule has 5 heteroatoms. The van der Waals surface area contributed by atoms with Crippen LogP contribution in [0.25, 0.3) is 0 Å². The number of benzene rings is 1. The van der Waals surface area contributed by atoms with Crippen LogP contribution in [0, 0.1) is 0 Å². The lowest BCUT2D eigenvalue weighted by Crippen LogP contribution is -2.37. The molecule has 0 spiro atoms. The van der Waals surface area contributed by atoms with Crippen LogP contribution in [0.4, 0.5) is 5.69 Å². The number of hydrogen-bond acceptors (Lipinski definition) is 2. The van der Waals surface area contributed by atoms with E-state index in [2.05, 4.69) is 31.9 Å². The van der Waals surface area contributed by atoms with Gasteiger partial charge in [0.1, 0.15) is 5.75 Å². The van der Waals surface area contributed by atoms with Crippen LogP contribution in [-0.4, -0.2) is 25.4 Å². The molecular formula is C12H13Br2NO2. The fraction of sp³-hybridized carbons (Fsp3) is 0.417.